The SMILES string of the molecule is CNc1nc(C)c(-c2ccnc(Nc3ccc(NC(=O)c4ccc([N+](=O)[O-])cc4)cc3)n2)s1. The van der Waals surface area contributed by atoms with E-state index in [0.717, 1.165) is 27.1 Å². The third-order valence-corrected chi connectivity index (χ3v) is 5.84. The maximum absolute atomic E-state index is 12.4. The number of nitro groups is 1. The lowest BCUT2D eigenvalue weighted by Crippen LogP contribution is -2.11. The summed E-state index contributed by atoms with van der Waals surface area (Å²) in [4.78, 5) is 36.9. The second kappa shape index (κ2) is 9.40. The Labute approximate surface area is 192 Å². The topological polar surface area (TPSA) is 135 Å². The van der Waals surface area contributed by atoms with Crippen LogP contribution in [0.1, 0.15) is 16.1 Å². The molecule has 0 bridgehead atoms. The van der Waals surface area contributed by atoms with Gasteiger partial charge in [-0.1, -0.05) is 11.3 Å². The highest BCUT2D eigenvalue weighted by Crippen LogP contribution is 2.31. The van der Waals surface area contributed by atoms with Crippen molar-refractivity contribution in [1.29, 1.82) is 0 Å². The van der Waals surface area contributed by atoms with Gasteiger partial charge in [0.15, 0.2) is 5.13 Å². The summed E-state index contributed by atoms with van der Waals surface area (Å²) in [6, 6.07) is 14.3. The first-order valence-corrected chi connectivity index (χ1v) is 10.7. The van der Waals surface area contributed by atoms with Crippen molar-refractivity contribution >= 4 is 45.4 Å². The molecule has 2 heterocycles. The lowest BCUT2D eigenvalue weighted by atomic mass is 10.2. The molecular weight excluding hydrogens is 442 g/mol. The number of aromatic nitrogens is 3. The van der Waals surface area contributed by atoms with Crippen LogP contribution in [-0.4, -0.2) is 32.8 Å². The fourth-order valence-electron chi connectivity index (χ4n) is 2.99. The summed E-state index contributed by atoms with van der Waals surface area (Å²) in [5.74, 6) is 0.0801. The van der Waals surface area contributed by atoms with Gasteiger partial charge in [0.1, 0.15) is 0 Å². The Kier molecular flexibility index (Phi) is 6.22. The number of benzene rings is 2. The molecule has 0 radical (unpaired) electrons. The average molecular weight is 462 g/mol. The molecule has 2 aromatic heterocycles. The van der Waals surface area contributed by atoms with Crippen LogP contribution < -0.4 is 16.0 Å². The summed E-state index contributed by atoms with van der Waals surface area (Å²) in [6.45, 7) is 1.94. The first kappa shape index (κ1) is 21.8. The number of carbonyl (C=O) groups is 1. The predicted molar refractivity (Wildman–Crippen MR) is 128 cm³/mol. The van der Waals surface area contributed by atoms with Gasteiger partial charge in [0, 0.05) is 42.3 Å². The quantitative estimate of drug-likeness (QED) is 0.262. The van der Waals surface area contributed by atoms with Crippen LogP contribution in [0.15, 0.2) is 60.8 Å². The number of nitro benzene ring substituents is 1. The van der Waals surface area contributed by atoms with Crippen molar-refractivity contribution in [2.45, 2.75) is 6.92 Å². The standard InChI is InChI=1S/C22H19N7O3S/c1-13-19(33-22(23-2)25-13)18-11-12-24-21(28-18)27-16-7-5-15(6-8-16)26-20(30)14-3-9-17(10-4-14)29(31)32/h3-12H,1-2H3,(H,23,25)(H,26,30)(H,24,27,28). The Morgan fingerprint density at radius 2 is 1.70 bits per heavy atom. The third-order valence-electron chi connectivity index (χ3n) is 4.64. The molecule has 2 aromatic carbocycles. The van der Waals surface area contributed by atoms with Crippen LogP contribution in [0.2, 0.25) is 0 Å². The zero-order chi connectivity index (χ0) is 23.4. The molecule has 33 heavy (non-hydrogen) atoms. The van der Waals surface area contributed by atoms with Crippen molar-refractivity contribution < 1.29 is 9.72 Å². The second-order valence-corrected chi connectivity index (χ2v) is 7.91. The van der Waals surface area contributed by atoms with E-state index in [-0.39, 0.29) is 11.6 Å². The highest BCUT2D eigenvalue weighted by atomic mass is 32.1. The van der Waals surface area contributed by atoms with Gasteiger partial charge in [-0.15, -0.1) is 0 Å². The normalized spacial score (nSPS) is 10.5. The molecule has 0 aliphatic carbocycles. The van der Waals surface area contributed by atoms with E-state index in [1.54, 1.807) is 30.5 Å². The van der Waals surface area contributed by atoms with Gasteiger partial charge in [0.2, 0.25) is 5.95 Å². The summed E-state index contributed by atoms with van der Waals surface area (Å²) in [7, 11) is 1.83. The predicted octanol–water partition coefficient (Wildman–Crippen LogP) is 4.85. The Bertz CT molecular complexity index is 1300. The van der Waals surface area contributed by atoms with Crippen molar-refractivity contribution in [2.75, 3.05) is 23.0 Å². The maximum Gasteiger partial charge on any atom is 0.269 e. The van der Waals surface area contributed by atoms with Gasteiger partial charge in [-0.2, -0.15) is 0 Å². The molecule has 1 amide bonds. The van der Waals surface area contributed by atoms with Crippen molar-refractivity contribution in [3.05, 3.63) is 82.2 Å². The van der Waals surface area contributed by atoms with Gasteiger partial charge < -0.3 is 16.0 Å². The van der Waals surface area contributed by atoms with Crippen LogP contribution in [0.25, 0.3) is 10.6 Å². The van der Waals surface area contributed by atoms with Gasteiger partial charge in [0.05, 0.1) is 21.2 Å². The molecule has 11 heteroatoms. The number of hydrogen-bond donors (Lipinski definition) is 3. The van der Waals surface area contributed by atoms with E-state index in [9.17, 15) is 14.9 Å². The lowest BCUT2D eigenvalue weighted by Gasteiger charge is -2.08. The number of non-ortho nitro benzene ring substituents is 1. The summed E-state index contributed by atoms with van der Waals surface area (Å²) in [6.07, 6.45) is 1.68. The third kappa shape index (κ3) is 5.10. The molecule has 10 nitrogen and oxygen atoms in total. The van der Waals surface area contributed by atoms with E-state index in [2.05, 4.69) is 30.9 Å². The van der Waals surface area contributed by atoms with E-state index < -0.39 is 4.92 Å². The first-order chi connectivity index (χ1) is 15.9. The second-order valence-electron chi connectivity index (χ2n) is 6.91. The number of nitrogens with zero attached hydrogens (tertiary/aromatic N) is 4. The van der Waals surface area contributed by atoms with Crippen LogP contribution in [0.5, 0.6) is 0 Å². The van der Waals surface area contributed by atoms with Crippen LogP contribution in [-0.2, 0) is 0 Å². The number of rotatable bonds is 7. The molecule has 0 saturated heterocycles. The minimum absolute atomic E-state index is 0.0683. The van der Waals surface area contributed by atoms with E-state index in [4.69, 9.17) is 0 Å². The number of amides is 1. The van der Waals surface area contributed by atoms with Gasteiger partial charge in [-0.25, -0.2) is 15.0 Å². The van der Waals surface area contributed by atoms with Crippen molar-refractivity contribution in [3.8, 4) is 10.6 Å². The largest absolute Gasteiger partial charge is 0.365 e. The first-order valence-electron chi connectivity index (χ1n) is 9.84. The molecule has 3 N–H and O–H groups in total. The zero-order valence-corrected chi connectivity index (χ0v) is 18.5. The molecule has 0 saturated carbocycles. The number of thiazole rings is 1. The summed E-state index contributed by atoms with van der Waals surface area (Å²) in [5, 5.41) is 20.5. The monoisotopic (exact) mass is 461 g/mol. The van der Waals surface area contributed by atoms with Crippen molar-refractivity contribution in [3.63, 3.8) is 0 Å². The van der Waals surface area contributed by atoms with Gasteiger partial charge >= 0.3 is 0 Å². The zero-order valence-electron chi connectivity index (χ0n) is 17.7. The molecule has 166 valence electrons. The van der Waals surface area contributed by atoms with Gasteiger partial charge in [-0.05, 0) is 49.4 Å². The van der Waals surface area contributed by atoms with Crippen LogP contribution in [0, 0.1) is 17.0 Å². The summed E-state index contributed by atoms with van der Waals surface area (Å²) in [5.41, 5.74) is 3.25. The summed E-state index contributed by atoms with van der Waals surface area (Å²) >= 11 is 1.52. The molecular formula is C22H19N7O3S. The van der Waals surface area contributed by atoms with E-state index in [1.807, 2.05) is 20.0 Å². The smallest absolute Gasteiger partial charge is 0.269 e. The van der Waals surface area contributed by atoms with Gasteiger partial charge in [-0.3, -0.25) is 14.9 Å². The van der Waals surface area contributed by atoms with Crippen LogP contribution >= 0.6 is 11.3 Å². The van der Waals surface area contributed by atoms with Crippen LogP contribution in [0.3, 0.4) is 0 Å². The maximum atomic E-state index is 12.4. The molecule has 0 aliphatic heterocycles. The molecule has 0 atom stereocenters. The number of nitrogens with one attached hydrogen (secondary N) is 3. The molecule has 4 rings (SSSR count). The molecule has 0 fully saturated rings. The molecule has 4 aromatic rings. The Balaban J connectivity index is 1.43. The average Bonchev–Trinajstić information content (AvgIpc) is 3.21. The van der Waals surface area contributed by atoms with E-state index in [1.165, 1.54) is 35.6 Å². The minimum atomic E-state index is -0.509. The lowest BCUT2D eigenvalue weighted by molar-refractivity contribution is -0.384. The number of carbonyl (C=O) groups excluding carboxylic acids is 1. The molecule has 0 unspecified atom stereocenters. The highest BCUT2D eigenvalue weighted by Gasteiger charge is 2.12. The Morgan fingerprint density at radius 1 is 1.00 bits per heavy atom. The summed E-state index contributed by atoms with van der Waals surface area (Å²) < 4.78 is 0. The number of hydrogen-bond acceptors (Lipinski definition) is 9. The van der Waals surface area contributed by atoms with Crippen molar-refractivity contribution in [2.24, 2.45) is 0 Å². The number of aryl methyl sites for hydroxylation is 1. The fraction of sp³-hybridized carbons (Fsp3) is 0.0909. The van der Waals surface area contributed by atoms with Crippen molar-refractivity contribution in [1.82, 2.24) is 15.0 Å². The molecule has 0 spiro atoms. The van der Waals surface area contributed by atoms with E-state index in [0.29, 0.717) is 17.2 Å². The fourth-order valence-corrected chi connectivity index (χ4v) is 3.88. The molecule has 0 aliphatic rings. The number of anilines is 4. The van der Waals surface area contributed by atoms with E-state index >= 15 is 0 Å². The Hall–Kier alpha value is -4.38. The minimum Gasteiger partial charge on any atom is -0.365 e. The van der Waals surface area contributed by atoms with Gasteiger partial charge in [0.25, 0.3) is 11.6 Å². The Morgan fingerprint density at radius 3 is 2.33 bits per heavy atom. The van der Waals surface area contributed by atoms with Crippen LogP contribution in [0.4, 0.5) is 28.1 Å². The highest BCUT2D eigenvalue weighted by molar-refractivity contribution is 7.19.